The Hall–Kier alpha value is -1.50. The highest BCUT2D eigenvalue weighted by Gasteiger charge is 2.29. The van der Waals surface area contributed by atoms with Crippen LogP contribution in [0.3, 0.4) is 0 Å². The molecule has 6 heteroatoms. The molecule has 4 rings (SSSR count). The average molecular weight is 344 g/mol. The Labute approximate surface area is 146 Å². The van der Waals surface area contributed by atoms with Gasteiger partial charge in [-0.05, 0) is 44.0 Å². The number of carbonyl (C=O) groups is 1. The highest BCUT2D eigenvalue weighted by Crippen LogP contribution is 2.24. The van der Waals surface area contributed by atoms with Gasteiger partial charge >= 0.3 is 0 Å². The highest BCUT2D eigenvalue weighted by molar-refractivity contribution is 7.18. The third-order valence-electron chi connectivity index (χ3n) is 5.01. The van der Waals surface area contributed by atoms with Gasteiger partial charge in [0.2, 0.25) is 5.91 Å². The number of amides is 1. The maximum Gasteiger partial charge on any atom is 0.236 e. The van der Waals surface area contributed by atoms with E-state index in [-0.39, 0.29) is 5.91 Å². The summed E-state index contributed by atoms with van der Waals surface area (Å²) in [5, 5.41) is 4.29. The quantitative estimate of drug-likeness (QED) is 0.925. The minimum Gasteiger partial charge on any atom is -0.336 e. The maximum absolute atomic E-state index is 12.1. The topological polar surface area (TPSA) is 48.5 Å². The molecule has 128 valence electrons. The minimum absolute atomic E-state index is 0.259. The summed E-state index contributed by atoms with van der Waals surface area (Å²) in [5.74, 6) is 0.259. The fraction of sp³-hybridized carbons (Fsp3) is 0.556. The lowest BCUT2D eigenvalue weighted by atomic mass is 10.0. The van der Waals surface area contributed by atoms with Gasteiger partial charge in [0.25, 0.3) is 0 Å². The van der Waals surface area contributed by atoms with Crippen LogP contribution in [0.5, 0.6) is 0 Å². The first-order valence-electron chi connectivity index (χ1n) is 8.78. The lowest BCUT2D eigenvalue weighted by molar-refractivity contribution is -0.135. The van der Waals surface area contributed by atoms with Gasteiger partial charge in [0, 0.05) is 32.2 Å². The van der Waals surface area contributed by atoms with E-state index in [1.54, 1.807) is 11.3 Å². The van der Waals surface area contributed by atoms with Crippen molar-refractivity contribution in [1.29, 1.82) is 0 Å². The summed E-state index contributed by atoms with van der Waals surface area (Å²) < 4.78 is 1.27. The Morgan fingerprint density at radius 3 is 3.17 bits per heavy atom. The smallest absolute Gasteiger partial charge is 0.236 e. The van der Waals surface area contributed by atoms with E-state index < -0.39 is 0 Å². The molecule has 1 atom stereocenters. The number of hydrogen-bond acceptors (Lipinski definition) is 5. The van der Waals surface area contributed by atoms with Crippen molar-refractivity contribution < 1.29 is 4.79 Å². The van der Waals surface area contributed by atoms with Crippen molar-refractivity contribution in [2.24, 2.45) is 0 Å². The molecule has 24 heavy (non-hydrogen) atoms. The SMILES string of the molecule is Cc1nc2ccc(CN3CCCC(N4CCNCC4=O)C3)cc2s1. The zero-order chi connectivity index (χ0) is 16.5. The molecule has 1 amide bonds. The first-order chi connectivity index (χ1) is 11.7. The molecule has 0 aliphatic carbocycles. The van der Waals surface area contributed by atoms with Gasteiger partial charge in [0.1, 0.15) is 0 Å². The number of hydrogen-bond donors (Lipinski definition) is 1. The minimum atomic E-state index is 0.259. The van der Waals surface area contributed by atoms with E-state index in [9.17, 15) is 4.79 Å². The molecule has 2 aromatic rings. The number of piperazine rings is 1. The van der Waals surface area contributed by atoms with Gasteiger partial charge in [-0.25, -0.2) is 4.98 Å². The standard InChI is InChI=1S/C18H24N4OS/c1-13-20-16-5-4-14(9-17(16)24-13)11-21-7-2-3-15(12-21)22-8-6-19-10-18(22)23/h4-5,9,15,19H,2-3,6-8,10-12H2,1H3. The Kier molecular flexibility index (Phi) is 4.52. The van der Waals surface area contributed by atoms with Crippen LogP contribution in [0.1, 0.15) is 23.4 Å². The highest BCUT2D eigenvalue weighted by atomic mass is 32.1. The summed E-state index contributed by atoms with van der Waals surface area (Å²) in [7, 11) is 0. The Morgan fingerprint density at radius 1 is 1.38 bits per heavy atom. The molecule has 3 heterocycles. The van der Waals surface area contributed by atoms with Crippen molar-refractivity contribution >= 4 is 27.5 Å². The van der Waals surface area contributed by atoms with E-state index in [2.05, 4.69) is 45.2 Å². The van der Waals surface area contributed by atoms with E-state index in [0.717, 1.165) is 49.7 Å². The van der Waals surface area contributed by atoms with E-state index in [1.807, 2.05) is 0 Å². The third-order valence-corrected chi connectivity index (χ3v) is 5.95. The maximum atomic E-state index is 12.1. The lowest BCUT2D eigenvalue weighted by Gasteiger charge is -2.41. The molecule has 5 nitrogen and oxygen atoms in total. The molecular formula is C18H24N4OS. The number of nitrogens with zero attached hydrogens (tertiary/aromatic N) is 3. The van der Waals surface area contributed by atoms with Gasteiger partial charge in [-0.2, -0.15) is 0 Å². The van der Waals surface area contributed by atoms with E-state index in [1.165, 1.54) is 16.7 Å². The Morgan fingerprint density at radius 2 is 2.29 bits per heavy atom. The van der Waals surface area contributed by atoms with Gasteiger partial charge in [-0.15, -0.1) is 11.3 Å². The molecule has 1 unspecified atom stereocenters. The predicted molar refractivity (Wildman–Crippen MR) is 97.2 cm³/mol. The van der Waals surface area contributed by atoms with Crippen LogP contribution in [0.2, 0.25) is 0 Å². The van der Waals surface area contributed by atoms with Crippen molar-refractivity contribution in [2.45, 2.75) is 32.4 Å². The third kappa shape index (κ3) is 3.31. The van der Waals surface area contributed by atoms with Crippen molar-refractivity contribution in [1.82, 2.24) is 20.1 Å². The summed E-state index contributed by atoms with van der Waals surface area (Å²) in [6, 6.07) is 6.98. The largest absolute Gasteiger partial charge is 0.336 e. The predicted octanol–water partition coefficient (Wildman–Crippen LogP) is 2.00. The van der Waals surface area contributed by atoms with Crippen LogP contribution in [0.4, 0.5) is 0 Å². The summed E-state index contributed by atoms with van der Waals surface area (Å²) in [5.41, 5.74) is 2.45. The second-order valence-corrected chi connectivity index (χ2v) is 8.06. The van der Waals surface area contributed by atoms with Gasteiger partial charge in [0.15, 0.2) is 0 Å². The van der Waals surface area contributed by atoms with Gasteiger partial charge in [-0.3, -0.25) is 9.69 Å². The zero-order valence-electron chi connectivity index (χ0n) is 14.1. The molecule has 2 saturated heterocycles. The summed E-state index contributed by atoms with van der Waals surface area (Å²) in [4.78, 5) is 21.3. The van der Waals surface area contributed by atoms with Crippen LogP contribution < -0.4 is 5.32 Å². The van der Waals surface area contributed by atoms with Crippen LogP contribution in [0, 0.1) is 6.92 Å². The number of piperidine rings is 1. The van der Waals surface area contributed by atoms with Crippen molar-refractivity contribution in [3.63, 3.8) is 0 Å². The van der Waals surface area contributed by atoms with E-state index in [4.69, 9.17) is 0 Å². The van der Waals surface area contributed by atoms with E-state index >= 15 is 0 Å². The number of likely N-dealkylation sites (tertiary alicyclic amines) is 1. The molecule has 0 saturated carbocycles. The lowest BCUT2D eigenvalue weighted by Crippen LogP contribution is -2.56. The van der Waals surface area contributed by atoms with Crippen molar-refractivity contribution in [3.05, 3.63) is 28.8 Å². The van der Waals surface area contributed by atoms with Crippen LogP contribution in [-0.4, -0.2) is 59.5 Å². The molecule has 0 radical (unpaired) electrons. The number of nitrogens with one attached hydrogen (secondary N) is 1. The number of aromatic nitrogens is 1. The van der Waals surface area contributed by atoms with Crippen molar-refractivity contribution in [2.75, 3.05) is 32.7 Å². The van der Waals surface area contributed by atoms with Gasteiger partial charge < -0.3 is 10.2 Å². The molecule has 0 spiro atoms. The summed E-state index contributed by atoms with van der Waals surface area (Å²) in [6.07, 6.45) is 2.30. The normalized spacial score (nSPS) is 23.1. The first kappa shape index (κ1) is 16.0. The Balaban J connectivity index is 1.44. The van der Waals surface area contributed by atoms with Gasteiger partial charge in [0.05, 0.1) is 21.8 Å². The van der Waals surface area contributed by atoms with E-state index in [0.29, 0.717) is 12.6 Å². The molecule has 0 bridgehead atoms. The molecule has 1 aromatic heterocycles. The summed E-state index contributed by atoms with van der Waals surface area (Å²) >= 11 is 1.76. The number of rotatable bonds is 3. The molecular weight excluding hydrogens is 320 g/mol. The van der Waals surface area contributed by atoms with Gasteiger partial charge in [-0.1, -0.05) is 6.07 Å². The number of carbonyl (C=O) groups excluding carboxylic acids is 1. The number of fused-ring (bicyclic) bond motifs is 1. The summed E-state index contributed by atoms with van der Waals surface area (Å²) in [6.45, 7) is 7.40. The molecule has 2 aliphatic heterocycles. The number of thiazole rings is 1. The second kappa shape index (κ2) is 6.78. The number of aryl methyl sites for hydroxylation is 1. The Bertz CT molecular complexity index is 744. The number of benzene rings is 1. The van der Waals surface area contributed by atoms with Crippen LogP contribution >= 0.6 is 11.3 Å². The average Bonchev–Trinajstić information content (AvgIpc) is 2.95. The fourth-order valence-electron chi connectivity index (χ4n) is 3.88. The molecule has 1 N–H and O–H groups in total. The first-order valence-corrected chi connectivity index (χ1v) is 9.59. The molecule has 2 fully saturated rings. The van der Waals surface area contributed by atoms with Crippen LogP contribution in [0.25, 0.3) is 10.2 Å². The second-order valence-electron chi connectivity index (χ2n) is 6.83. The monoisotopic (exact) mass is 344 g/mol. The van der Waals surface area contributed by atoms with Crippen LogP contribution in [0.15, 0.2) is 18.2 Å². The molecule has 1 aromatic carbocycles. The zero-order valence-corrected chi connectivity index (χ0v) is 14.9. The fourth-order valence-corrected chi connectivity index (χ4v) is 4.77. The molecule has 2 aliphatic rings. The van der Waals surface area contributed by atoms with Crippen molar-refractivity contribution in [3.8, 4) is 0 Å². The van der Waals surface area contributed by atoms with Crippen LogP contribution in [-0.2, 0) is 11.3 Å².